The van der Waals surface area contributed by atoms with Gasteiger partial charge < -0.3 is 0 Å². The summed E-state index contributed by atoms with van der Waals surface area (Å²) in [7, 11) is 0. The molecule has 0 heterocycles. The maximum atomic E-state index is 3.63. The minimum atomic E-state index is 0.848. The van der Waals surface area contributed by atoms with E-state index in [1.165, 1.54) is 0 Å². The molecule has 3 heteroatoms. The average Bonchev–Trinajstić information content (AvgIpc) is 1.98. The molecule has 0 saturated heterocycles. The Morgan fingerprint density at radius 2 is 2.40 bits per heavy atom. The van der Waals surface area contributed by atoms with Crippen LogP contribution < -0.4 is 10.4 Å². The zero-order valence-electron chi connectivity index (χ0n) is 6.44. The first-order valence-corrected chi connectivity index (χ1v) is 4.62. The first-order valence-electron chi connectivity index (χ1n) is 3.50. The van der Waals surface area contributed by atoms with E-state index in [4.69, 9.17) is 0 Å². The first-order chi connectivity index (χ1) is 4.85. The maximum Gasteiger partial charge on any atom is 0.154 e. The normalized spacial score (nSPS) is 10.3. The molecule has 1 N–H and O–H groups in total. The molecule has 59 valence electrons. The zero-order chi connectivity index (χ0) is 7.82. The van der Waals surface area contributed by atoms with Crippen LogP contribution in [-0.2, 0) is 0 Å². The van der Waals surface area contributed by atoms with Gasteiger partial charge >= 0.3 is 0 Å². The number of hydrogen-bond donors (Lipinski definition) is 1. The molecule has 0 aromatic heterocycles. The predicted molar refractivity (Wildman–Crippen MR) is 49.5 cm³/mol. The lowest BCUT2D eigenvalue weighted by molar-refractivity contribution is 0.357. The summed E-state index contributed by atoms with van der Waals surface area (Å²) in [5.74, 6) is 0. The van der Waals surface area contributed by atoms with Crippen molar-refractivity contribution >= 4 is 15.9 Å². The largest absolute Gasteiger partial charge is 0.154 e. The van der Waals surface area contributed by atoms with Crippen LogP contribution in [0.1, 0.15) is 6.92 Å². The third-order valence-electron chi connectivity index (χ3n) is 1.20. The molecule has 0 saturated carbocycles. The van der Waals surface area contributed by atoms with Gasteiger partial charge in [-0.05, 0) is 6.92 Å². The highest BCUT2D eigenvalue weighted by atomic mass is 79.9. The van der Waals surface area contributed by atoms with E-state index in [0.29, 0.717) is 0 Å². The molecule has 0 spiro atoms. The molecular weight excluding hydrogens is 192 g/mol. The average molecular weight is 207 g/mol. The molecule has 0 aliphatic rings. The van der Waals surface area contributed by atoms with Crippen molar-refractivity contribution in [2.75, 3.05) is 25.0 Å². The molecule has 0 amide bonds. The van der Waals surface area contributed by atoms with E-state index in [-0.39, 0.29) is 0 Å². The fourth-order valence-electron chi connectivity index (χ4n) is 0.645. The smallest absolute Gasteiger partial charge is 0.115 e. The van der Waals surface area contributed by atoms with Gasteiger partial charge in [-0.3, -0.25) is 0 Å². The minimum absolute atomic E-state index is 0.848. The van der Waals surface area contributed by atoms with Gasteiger partial charge in [0.1, 0.15) is 6.54 Å². The van der Waals surface area contributed by atoms with Gasteiger partial charge in [0.2, 0.25) is 0 Å². The number of alkyl halides is 1. The van der Waals surface area contributed by atoms with Crippen LogP contribution in [0.4, 0.5) is 0 Å². The third-order valence-corrected chi connectivity index (χ3v) is 1.55. The molecule has 0 fully saturated rings. The molecule has 0 aromatic carbocycles. The summed E-state index contributed by atoms with van der Waals surface area (Å²) >= 11 is 3.38. The minimum Gasteiger partial charge on any atom is -0.115 e. The van der Waals surface area contributed by atoms with Gasteiger partial charge in [0.25, 0.3) is 0 Å². The van der Waals surface area contributed by atoms with Crippen molar-refractivity contribution in [3.63, 3.8) is 0 Å². The van der Waals surface area contributed by atoms with Crippen molar-refractivity contribution in [2.45, 2.75) is 6.92 Å². The molecule has 0 aliphatic carbocycles. The Hall–Kier alpha value is 0.140. The highest BCUT2D eigenvalue weighted by Gasteiger charge is 2.07. The molecule has 0 aromatic rings. The summed E-state index contributed by atoms with van der Waals surface area (Å²) in [6, 6.07) is 0. The van der Waals surface area contributed by atoms with Crippen LogP contribution in [0.25, 0.3) is 0 Å². The second-order valence-electron chi connectivity index (χ2n) is 1.92. The topological polar surface area (TPSA) is 17.9 Å². The second-order valence-corrected chi connectivity index (χ2v) is 2.71. The van der Waals surface area contributed by atoms with Crippen LogP contribution in [0.2, 0.25) is 0 Å². The van der Waals surface area contributed by atoms with Crippen molar-refractivity contribution in [3.05, 3.63) is 12.7 Å². The van der Waals surface area contributed by atoms with Crippen LogP contribution in [0.15, 0.2) is 12.7 Å². The van der Waals surface area contributed by atoms with E-state index in [2.05, 4.69) is 39.9 Å². The van der Waals surface area contributed by atoms with Crippen LogP contribution in [0.5, 0.6) is 0 Å². The molecule has 0 bridgehead atoms. The van der Waals surface area contributed by atoms with Crippen LogP contribution in [-0.4, -0.2) is 25.0 Å². The lowest BCUT2D eigenvalue weighted by Crippen LogP contribution is -2.44. The Kier molecular flexibility index (Phi) is 7.35. The van der Waals surface area contributed by atoms with E-state index in [1.54, 1.807) is 0 Å². The number of nitrogens with zero attached hydrogens (tertiary/aromatic N) is 1. The second kappa shape index (κ2) is 7.25. The quantitative estimate of drug-likeness (QED) is 0.300. The fourth-order valence-corrected chi connectivity index (χ4v) is 1.07. The van der Waals surface area contributed by atoms with Crippen molar-refractivity contribution in [1.82, 2.24) is 10.4 Å². The lowest BCUT2D eigenvalue weighted by atomic mass is 10.6. The molecule has 0 rings (SSSR count). The molecule has 10 heavy (non-hydrogen) atoms. The molecule has 0 atom stereocenters. The standard InChI is InChI=1S/C7H15BrN2/c1-3-6-9-10(4-2)7-5-8/h3,9H,1,4-7H2,2H3/q+1. The van der Waals surface area contributed by atoms with Gasteiger partial charge in [-0.2, -0.15) is 0 Å². The number of rotatable bonds is 6. The summed E-state index contributed by atoms with van der Waals surface area (Å²) in [6.07, 6.45) is 1.86. The Morgan fingerprint density at radius 3 is 2.80 bits per heavy atom. The zero-order valence-corrected chi connectivity index (χ0v) is 8.02. The number of halogens is 1. The van der Waals surface area contributed by atoms with Crippen LogP contribution >= 0.6 is 15.9 Å². The lowest BCUT2D eigenvalue weighted by Gasteiger charge is -2.06. The van der Waals surface area contributed by atoms with Crippen LogP contribution in [0, 0.1) is 0 Å². The summed E-state index contributed by atoms with van der Waals surface area (Å²) in [5.41, 5.74) is 3.21. The van der Waals surface area contributed by atoms with Gasteiger partial charge in [0.05, 0.1) is 11.9 Å². The fraction of sp³-hybridized carbons (Fsp3) is 0.714. The van der Waals surface area contributed by atoms with E-state index in [9.17, 15) is 0 Å². The number of hydrazine groups is 1. The molecule has 1 radical (unpaired) electrons. The van der Waals surface area contributed by atoms with Crippen LogP contribution in [0.3, 0.4) is 0 Å². The number of hydrogen-bond acceptors (Lipinski definition) is 2. The Bertz CT molecular complexity index is 85.7. The van der Waals surface area contributed by atoms with E-state index in [1.807, 2.05) is 6.08 Å². The Morgan fingerprint density at radius 1 is 1.70 bits per heavy atom. The maximum absolute atomic E-state index is 3.63. The summed E-state index contributed by atoms with van der Waals surface area (Å²) in [5, 5.41) is 3.15. The molecular formula is C7H15BrN2+. The summed E-state index contributed by atoms with van der Waals surface area (Å²) in [4.78, 5) is 0. The SMILES string of the molecule is C=CCN[N+](CC)CCBr. The van der Waals surface area contributed by atoms with Gasteiger partial charge in [-0.25, -0.2) is 0 Å². The highest BCUT2D eigenvalue weighted by Crippen LogP contribution is 1.82. The van der Waals surface area contributed by atoms with Gasteiger partial charge in [0.15, 0.2) is 6.54 Å². The summed E-state index contributed by atoms with van der Waals surface area (Å²) in [6.45, 7) is 8.66. The van der Waals surface area contributed by atoms with E-state index in [0.717, 1.165) is 25.0 Å². The monoisotopic (exact) mass is 206 g/mol. The Balaban J connectivity index is 3.29. The number of nitrogens with one attached hydrogen (secondary N) is 1. The van der Waals surface area contributed by atoms with Gasteiger partial charge in [-0.15, -0.1) is 12.0 Å². The first kappa shape index (κ1) is 10.1. The molecule has 0 unspecified atom stereocenters. The van der Waals surface area contributed by atoms with Gasteiger partial charge in [0, 0.05) is 0 Å². The van der Waals surface area contributed by atoms with Crippen molar-refractivity contribution in [2.24, 2.45) is 0 Å². The summed E-state index contributed by atoms with van der Waals surface area (Å²) < 4.78 is 0. The van der Waals surface area contributed by atoms with E-state index < -0.39 is 0 Å². The Labute approximate surface area is 71.4 Å². The van der Waals surface area contributed by atoms with E-state index >= 15 is 0 Å². The predicted octanol–water partition coefficient (Wildman–Crippen LogP) is 1.23. The molecule has 2 nitrogen and oxygen atoms in total. The highest BCUT2D eigenvalue weighted by molar-refractivity contribution is 9.09. The third kappa shape index (κ3) is 4.97. The van der Waals surface area contributed by atoms with Crippen molar-refractivity contribution in [3.8, 4) is 0 Å². The van der Waals surface area contributed by atoms with Crippen molar-refractivity contribution in [1.29, 1.82) is 0 Å². The van der Waals surface area contributed by atoms with Crippen molar-refractivity contribution < 1.29 is 0 Å². The van der Waals surface area contributed by atoms with Gasteiger partial charge in [-0.1, -0.05) is 27.0 Å². The molecule has 0 aliphatic heterocycles.